The maximum Gasteiger partial charge on any atom is 0.270 e. The van der Waals surface area contributed by atoms with Crippen LogP contribution >= 0.6 is 0 Å². The summed E-state index contributed by atoms with van der Waals surface area (Å²) in [6.07, 6.45) is 1.66. The molecule has 0 fully saturated rings. The first-order chi connectivity index (χ1) is 11.2. The summed E-state index contributed by atoms with van der Waals surface area (Å²) in [5.74, 6) is 0. The molecule has 0 aromatic heterocycles. The summed E-state index contributed by atoms with van der Waals surface area (Å²) >= 11 is 0. The highest BCUT2D eigenvalue weighted by Crippen LogP contribution is 2.22. The average molecular weight is 358 g/mol. The lowest BCUT2D eigenvalue weighted by Gasteiger charge is -2.18. The van der Waals surface area contributed by atoms with Crippen LogP contribution in [-0.2, 0) is 10.0 Å². The summed E-state index contributed by atoms with van der Waals surface area (Å²) in [5.41, 5.74) is 0.270. The van der Waals surface area contributed by atoms with Crippen LogP contribution in [0.15, 0.2) is 23.1 Å². The van der Waals surface area contributed by atoms with Gasteiger partial charge in [0, 0.05) is 18.2 Å². The Kier molecular flexibility index (Phi) is 7.78. The SMILES string of the molecule is CC[NH+](CC)CCC[C@H](C)NS(=O)(=O)c1cc([N+](=O)[O-])ccc1C. The first kappa shape index (κ1) is 20.5. The molecule has 7 nitrogen and oxygen atoms in total. The van der Waals surface area contributed by atoms with Crippen LogP contribution in [0, 0.1) is 17.0 Å². The number of hydrogen-bond acceptors (Lipinski definition) is 4. The van der Waals surface area contributed by atoms with E-state index in [0.29, 0.717) is 5.56 Å². The molecule has 0 heterocycles. The van der Waals surface area contributed by atoms with Gasteiger partial charge in [-0.15, -0.1) is 0 Å². The Morgan fingerprint density at radius 2 is 1.92 bits per heavy atom. The summed E-state index contributed by atoms with van der Waals surface area (Å²) < 4.78 is 27.6. The van der Waals surface area contributed by atoms with Crippen molar-refractivity contribution in [2.75, 3.05) is 19.6 Å². The molecule has 0 aliphatic carbocycles. The Hall–Kier alpha value is -1.51. The van der Waals surface area contributed by atoms with E-state index in [1.54, 1.807) is 6.92 Å². The second kappa shape index (κ2) is 9.10. The maximum absolute atomic E-state index is 12.5. The Labute approximate surface area is 144 Å². The fourth-order valence-corrected chi connectivity index (χ4v) is 4.18. The van der Waals surface area contributed by atoms with E-state index in [4.69, 9.17) is 0 Å². The minimum atomic E-state index is -3.77. The van der Waals surface area contributed by atoms with E-state index in [-0.39, 0.29) is 16.6 Å². The zero-order valence-corrected chi connectivity index (χ0v) is 15.6. The number of aryl methyl sites for hydroxylation is 1. The van der Waals surface area contributed by atoms with E-state index in [1.807, 2.05) is 6.92 Å². The van der Waals surface area contributed by atoms with Crippen LogP contribution in [0.5, 0.6) is 0 Å². The molecule has 0 unspecified atom stereocenters. The van der Waals surface area contributed by atoms with E-state index in [0.717, 1.165) is 38.5 Å². The Morgan fingerprint density at radius 3 is 2.46 bits per heavy atom. The minimum Gasteiger partial charge on any atom is -0.335 e. The highest BCUT2D eigenvalue weighted by Gasteiger charge is 2.22. The Bertz CT molecular complexity index is 657. The number of nitro groups is 1. The smallest absolute Gasteiger partial charge is 0.270 e. The van der Waals surface area contributed by atoms with Gasteiger partial charge in [-0.25, -0.2) is 13.1 Å². The number of quaternary nitrogens is 1. The van der Waals surface area contributed by atoms with Gasteiger partial charge in [0.2, 0.25) is 10.0 Å². The van der Waals surface area contributed by atoms with Crippen molar-refractivity contribution in [3.05, 3.63) is 33.9 Å². The van der Waals surface area contributed by atoms with Gasteiger partial charge in [0.25, 0.3) is 5.69 Å². The van der Waals surface area contributed by atoms with Gasteiger partial charge >= 0.3 is 0 Å². The van der Waals surface area contributed by atoms with Crippen molar-refractivity contribution in [2.45, 2.75) is 51.5 Å². The molecule has 0 spiro atoms. The highest BCUT2D eigenvalue weighted by molar-refractivity contribution is 7.89. The Morgan fingerprint density at radius 1 is 1.29 bits per heavy atom. The van der Waals surface area contributed by atoms with E-state index in [9.17, 15) is 18.5 Å². The predicted molar refractivity (Wildman–Crippen MR) is 93.8 cm³/mol. The van der Waals surface area contributed by atoms with Crippen molar-refractivity contribution in [2.24, 2.45) is 0 Å². The zero-order valence-electron chi connectivity index (χ0n) is 14.8. The number of benzene rings is 1. The van der Waals surface area contributed by atoms with Gasteiger partial charge in [-0.3, -0.25) is 10.1 Å². The molecule has 8 heteroatoms. The number of nitro benzene ring substituents is 1. The molecule has 2 N–H and O–H groups in total. The van der Waals surface area contributed by atoms with Crippen molar-refractivity contribution in [3.8, 4) is 0 Å². The second-order valence-electron chi connectivity index (χ2n) is 6.08. The fraction of sp³-hybridized carbons (Fsp3) is 0.625. The Balaban J connectivity index is 2.75. The molecular formula is C16H28N3O4S+. The van der Waals surface area contributed by atoms with Crippen LogP contribution in [0.4, 0.5) is 5.69 Å². The largest absolute Gasteiger partial charge is 0.335 e. The maximum atomic E-state index is 12.5. The van der Waals surface area contributed by atoms with Gasteiger partial charge in [0.1, 0.15) is 0 Å². The van der Waals surface area contributed by atoms with Crippen LogP contribution in [-0.4, -0.2) is 39.0 Å². The summed E-state index contributed by atoms with van der Waals surface area (Å²) in [7, 11) is -3.77. The number of nitrogens with zero attached hydrogens (tertiary/aromatic N) is 1. The lowest BCUT2D eigenvalue weighted by atomic mass is 10.2. The minimum absolute atomic E-state index is 0.0297. The van der Waals surface area contributed by atoms with Crippen molar-refractivity contribution in [1.82, 2.24) is 4.72 Å². The van der Waals surface area contributed by atoms with Crippen LogP contribution in [0.1, 0.15) is 39.2 Å². The molecule has 1 atom stereocenters. The van der Waals surface area contributed by atoms with Gasteiger partial charge in [-0.1, -0.05) is 6.07 Å². The van der Waals surface area contributed by atoms with Gasteiger partial charge in [-0.2, -0.15) is 0 Å². The topological polar surface area (TPSA) is 93.8 Å². The first-order valence-electron chi connectivity index (χ1n) is 8.32. The summed E-state index contributed by atoms with van der Waals surface area (Å²) in [4.78, 5) is 11.7. The number of rotatable bonds is 10. The van der Waals surface area contributed by atoms with Crippen LogP contribution < -0.4 is 9.62 Å². The number of hydrogen-bond donors (Lipinski definition) is 2. The van der Waals surface area contributed by atoms with Crippen LogP contribution in [0.25, 0.3) is 0 Å². The summed E-state index contributed by atoms with van der Waals surface area (Å²) in [6.45, 7) is 10.8. The van der Waals surface area contributed by atoms with Crippen molar-refractivity contribution in [1.29, 1.82) is 0 Å². The third kappa shape index (κ3) is 5.85. The van der Waals surface area contributed by atoms with Crippen LogP contribution in [0.2, 0.25) is 0 Å². The van der Waals surface area contributed by atoms with Crippen molar-refractivity contribution in [3.63, 3.8) is 0 Å². The molecule has 1 aromatic carbocycles. The molecule has 0 radical (unpaired) electrons. The molecule has 0 saturated carbocycles. The molecule has 24 heavy (non-hydrogen) atoms. The third-order valence-electron chi connectivity index (χ3n) is 4.20. The standard InChI is InChI=1S/C16H27N3O4S/c1-5-18(6-2)11-7-8-14(4)17-24(22,23)16-12-15(19(20)21)10-9-13(16)3/h9-10,12,14,17H,5-8,11H2,1-4H3/p+1/t14-/m0/s1. The van der Waals surface area contributed by atoms with Gasteiger partial charge in [0.15, 0.2) is 0 Å². The molecule has 0 aliphatic rings. The van der Waals surface area contributed by atoms with Gasteiger partial charge < -0.3 is 4.90 Å². The molecule has 1 rings (SSSR count). The first-order valence-corrected chi connectivity index (χ1v) is 9.80. The summed E-state index contributed by atoms with van der Waals surface area (Å²) in [6, 6.07) is 3.67. The normalized spacial score (nSPS) is 13.2. The van der Waals surface area contributed by atoms with Gasteiger partial charge in [0.05, 0.1) is 29.5 Å². The second-order valence-corrected chi connectivity index (χ2v) is 7.76. The molecule has 136 valence electrons. The predicted octanol–water partition coefficient (Wildman–Crippen LogP) is 1.27. The number of sulfonamides is 1. The molecule has 0 bridgehead atoms. The number of nitrogens with one attached hydrogen (secondary N) is 2. The van der Waals surface area contributed by atoms with Crippen molar-refractivity contribution >= 4 is 15.7 Å². The molecule has 0 saturated heterocycles. The van der Waals surface area contributed by atoms with Crippen LogP contribution in [0.3, 0.4) is 0 Å². The van der Waals surface area contributed by atoms with E-state index in [1.165, 1.54) is 17.0 Å². The summed E-state index contributed by atoms with van der Waals surface area (Å²) in [5, 5.41) is 10.9. The van der Waals surface area contributed by atoms with E-state index >= 15 is 0 Å². The third-order valence-corrected chi connectivity index (χ3v) is 5.93. The molecule has 0 aliphatic heterocycles. The quantitative estimate of drug-likeness (QED) is 0.487. The molecule has 0 amide bonds. The number of non-ortho nitro benzene ring substituents is 1. The highest BCUT2D eigenvalue weighted by atomic mass is 32.2. The lowest BCUT2D eigenvalue weighted by Crippen LogP contribution is -3.11. The van der Waals surface area contributed by atoms with Crippen molar-refractivity contribution < 1.29 is 18.2 Å². The van der Waals surface area contributed by atoms with E-state index in [2.05, 4.69) is 18.6 Å². The molecular weight excluding hydrogens is 330 g/mol. The lowest BCUT2D eigenvalue weighted by molar-refractivity contribution is -0.896. The molecule has 1 aromatic rings. The van der Waals surface area contributed by atoms with E-state index < -0.39 is 14.9 Å². The fourth-order valence-electron chi connectivity index (χ4n) is 2.64. The van der Waals surface area contributed by atoms with Gasteiger partial charge in [-0.05, 0) is 46.1 Å². The zero-order chi connectivity index (χ0) is 18.3. The average Bonchev–Trinajstić information content (AvgIpc) is 2.51. The monoisotopic (exact) mass is 358 g/mol.